The van der Waals surface area contributed by atoms with Gasteiger partial charge in [0.1, 0.15) is 0 Å². The van der Waals surface area contributed by atoms with Crippen molar-refractivity contribution in [1.82, 2.24) is 0 Å². The lowest BCUT2D eigenvalue weighted by atomic mass is 9.67. The Kier molecular flexibility index (Phi) is 3.79. The van der Waals surface area contributed by atoms with Gasteiger partial charge in [0, 0.05) is 5.92 Å². The van der Waals surface area contributed by atoms with Gasteiger partial charge in [-0.2, -0.15) is 10.2 Å². The predicted molar refractivity (Wildman–Crippen MR) is 86.6 cm³/mol. The summed E-state index contributed by atoms with van der Waals surface area (Å²) in [6.45, 7) is 21.1. The van der Waals surface area contributed by atoms with E-state index in [4.69, 9.17) is 4.43 Å². The molecule has 0 N–H and O–H groups in total. The molecule has 0 spiro atoms. The predicted octanol–water partition coefficient (Wildman–Crippen LogP) is 4.81. The third kappa shape index (κ3) is 2.52. The number of azo groups is 1. The highest BCUT2D eigenvalue weighted by molar-refractivity contribution is 6.74. The fourth-order valence-corrected chi connectivity index (χ4v) is 4.42. The van der Waals surface area contributed by atoms with Crippen LogP contribution in [0.15, 0.2) is 22.4 Å². The normalized spacial score (nSPS) is 38.1. The van der Waals surface area contributed by atoms with Crippen molar-refractivity contribution in [2.45, 2.75) is 70.8 Å². The molecule has 0 radical (unpaired) electrons. The molecule has 4 heteroatoms. The minimum atomic E-state index is -1.80. The van der Waals surface area contributed by atoms with Crippen LogP contribution in [-0.2, 0) is 4.43 Å². The molecule has 0 unspecified atom stereocenters. The van der Waals surface area contributed by atoms with Gasteiger partial charge in [-0.3, -0.25) is 0 Å². The summed E-state index contributed by atoms with van der Waals surface area (Å²) < 4.78 is 6.72. The third-order valence-electron chi connectivity index (χ3n) is 5.69. The fraction of sp³-hybridized carbons (Fsp3) is 0.875. The van der Waals surface area contributed by atoms with E-state index in [9.17, 15) is 0 Å². The molecule has 0 aromatic carbocycles. The summed E-state index contributed by atoms with van der Waals surface area (Å²) in [5.41, 5.74) is 1.21. The van der Waals surface area contributed by atoms with Crippen LogP contribution >= 0.6 is 0 Å². The molecular weight excluding hydrogens is 264 g/mol. The SMILES string of the molecule is C=C1[C@H](C)C[C@@]2(C)N=NC[C@H]2[C@H]1O[Si](C)(C)C(C)(C)C. The van der Waals surface area contributed by atoms with Crippen molar-refractivity contribution in [1.29, 1.82) is 0 Å². The summed E-state index contributed by atoms with van der Waals surface area (Å²) in [4.78, 5) is 0. The zero-order chi connectivity index (χ0) is 15.3. The zero-order valence-corrected chi connectivity index (χ0v) is 15.2. The minimum Gasteiger partial charge on any atom is -0.410 e. The molecule has 1 aliphatic heterocycles. The topological polar surface area (TPSA) is 34.0 Å². The van der Waals surface area contributed by atoms with E-state index in [1.54, 1.807) is 0 Å². The van der Waals surface area contributed by atoms with Gasteiger partial charge in [0.05, 0.1) is 18.2 Å². The Morgan fingerprint density at radius 1 is 1.35 bits per heavy atom. The number of nitrogens with zero attached hydrogens (tertiary/aromatic N) is 2. The van der Waals surface area contributed by atoms with Crippen LogP contribution in [0.2, 0.25) is 18.1 Å². The molecule has 0 saturated heterocycles. The highest BCUT2D eigenvalue weighted by Gasteiger charge is 2.52. The maximum Gasteiger partial charge on any atom is 0.192 e. The van der Waals surface area contributed by atoms with Gasteiger partial charge in [0.2, 0.25) is 0 Å². The van der Waals surface area contributed by atoms with E-state index in [-0.39, 0.29) is 16.7 Å². The Morgan fingerprint density at radius 2 is 1.95 bits per heavy atom. The van der Waals surface area contributed by atoms with Gasteiger partial charge >= 0.3 is 0 Å². The van der Waals surface area contributed by atoms with E-state index in [1.807, 2.05) is 0 Å². The maximum absolute atomic E-state index is 6.72. The second kappa shape index (κ2) is 4.77. The smallest absolute Gasteiger partial charge is 0.192 e. The van der Waals surface area contributed by atoms with Crippen LogP contribution in [-0.4, -0.2) is 26.5 Å². The van der Waals surface area contributed by atoms with Gasteiger partial charge in [-0.05, 0) is 43.0 Å². The summed E-state index contributed by atoms with van der Waals surface area (Å²) in [6, 6.07) is 0. The first-order valence-corrected chi connectivity index (χ1v) is 10.6. The number of rotatable bonds is 2. The summed E-state index contributed by atoms with van der Waals surface area (Å²) in [5.74, 6) is 0.836. The molecule has 0 aromatic heterocycles. The van der Waals surface area contributed by atoms with Crippen LogP contribution in [0.25, 0.3) is 0 Å². The van der Waals surface area contributed by atoms with E-state index in [0.29, 0.717) is 11.8 Å². The lowest BCUT2D eigenvalue weighted by Gasteiger charge is -2.48. The summed E-state index contributed by atoms with van der Waals surface area (Å²) >= 11 is 0. The average Bonchev–Trinajstić information content (AvgIpc) is 2.64. The Morgan fingerprint density at radius 3 is 2.50 bits per heavy atom. The van der Waals surface area contributed by atoms with Crippen LogP contribution in [0.4, 0.5) is 0 Å². The first-order chi connectivity index (χ1) is 8.98. The molecule has 1 saturated carbocycles. The largest absolute Gasteiger partial charge is 0.410 e. The molecule has 20 heavy (non-hydrogen) atoms. The number of hydrogen-bond donors (Lipinski definition) is 0. The van der Waals surface area contributed by atoms with Crippen LogP contribution < -0.4 is 0 Å². The van der Waals surface area contributed by atoms with Crippen LogP contribution in [0, 0.1) is 11.8 Å². The van der Waals surface area contributed by atoms with Gasteiger partial charge < -0.3 is 4.43 Å². The van der Waals surface area contributed by atoms with Gasteiger partial charge in [-0.15, -0.1) is 0 Å². The average molecular weight is 295 g/mol. The quantitative estimate of drug-likeness (QED) is 0.531. The van der Waals surface area contributed by atoms with Crippen molar-refractivity contribution in [2.75, 3.05) is 6.54 Å². The first-order valence-electron chi connectivity index (χ1n) is 7.73. The van der Waals surface area contributed by atoms with E-state index in [1.165, 1.54) is 5.57 Å². The maximum atomic E-state index is 6.72. The molecule has 114 valence electrons. The Bertz CT molecular complexity index is 438. The minimum absolute atomic E-state index is 0.0480. The number of hydrogen-bond acceptors (Lipinski definition) is 3. The molecule has 1 aliphatic carbocycles. The van der Waals surface area contributed by atoms with Crippen molar-refractivity contribution in [3.63, 3.8) is 0 Å². The Balaban J connectivity index is 2.27. The zero-order valence-electron chi connectivity index (χ0n) is 14.2. The van der Waals surface area contributed by atoms with Gasteiger partial charge in [0.25, 0.3) is 0 Å². The molecular formula is C16H30N2OSi. The van der Waals surface area contributed by atoms with Crippen molar-refractivity contribution in [3.8, 4) is 0 Å². The first kappa shape index (κ1) is 15.9. The van der Waals surface area contributed by atoms with E-state index in [0.717, 1.165) is 13.0 Å². The molecule has 3 nitrogen and oxygen atoms in total. The molecule has 0 amide bonds. The monoisotopic (exact) mass is 294 g/mol. The second-order valence-corrected chi connectivity index (χ2v) is 13.1. The summed E-state index contributed by atoms with van der Waals surface area (Å²) in [7, 11) is -1.80. The number of fused-ring (bicyclic) bond motifs is 1. The van der Waals surface area contributed by atoms with Gasteiger partial charge in [0.15, 0.2) is 8.32 Å². The molecule has 2 rings (SSSR count). The highest BCUT2D eigenvalue weighted by atomic mass is 28.4. The lowest BCUT2D eigenvalue weighted by Crippen LogP contribution is -2.53. The molecule has 2 aliphatic rings. The van der Waals surface area contributed by atoms with Crippen molar-refractivity contribution in [3.05, 3.63) is 12.2 Å². The summed E-state index contributed by atoms with van der Waals surface area (Å²) in [6.07, 6.45) is 1.18. The van der Waals surface area contributed by atoms with Crippen LogP contribution in [0.3, 0.4) is 0 Å². The van der Waals surface area contributed by atoms with E-state index >= 15 is 0 Å². The molecule has 1 heterocycles. The Hall–Kier alpha value is -0.483. The lowest BCUT2D eigenvalue weighted by molar-refractivity contribution is 0.0750. The molecule has 4 atom stereocenters. The van der Waals surface area contributed by atoms with Crippen molar-refractivity contribution in [2.24, 2.45) is 22.1 Å². The summed E-state index contributed by atoms with van der Waals surface area (Å²) in [5, 5.41) is 9.09. The van der Waals surface area contributed by atoms with Crippen molar-refractivity contribution >= 4 is 8.32 Å². The highest BCUT2D eigenvalue weighted by Crippen LogP contribution is 2.49. The second-order valence-electron chi connectivity index (χ2n) is 8.37. The van der Waals surface area contributed by atoms with Crippen LogP contribution in [0.5, 0.6) is 0 Å². The fourth-order valence-electron chi connectivity index (χ4n) is 3.12. The molecule has 0 bridgehead atoms. The molecule has 0 aromatic rings. The van der Waals surface area contributed by atoms with E-state index < -0.39 is 8.32 Å². The van der Waals surface area contributed by atoms with Crippen LogP contribution in [0.1, 0.15) is 41.0 Å². The van der Waals surface area contributed by atoms with Crippen molar-refractivity contribution < 1.29 is 4.43 Å². The standard InChI is InChI=1S/C16H30N2OSi/c1-11-9-16(6)13(10-17-18-16)14(12(11)2)19-20(7,8)15(3,4)5/h11,13-14H,2,9-10H2,1,3-8H3/t11-,13+,14+,16-/m1/s1. The van der Waals surface area contributed by atoms with Gasteiger partial charge in [-0.25, -0.2) is 0 Å². The van der Waals surface area contributed by atoms with E-state index in [2.05, 4.69) is 64.5 Å². The third-order valence-corrected chi connectivity index (χ3v) is 10.1. The molecule has 1 fully saturated rings. The Labute approximate surface area is 125 Å². The van der Waals surface area contributed by atoms with Gasteiger partial charge in [-0.1, -0.05) is 34.3 Å².